The number of nitrogens with one attached hydrogen (secondary N) is 1. The summed E-state index contributed by atoms with van der Waals surface area (Å²) < 4.78 is 0. The Morgan fingerprint density at radius 3 is 2.27 bits per heavy atom. The molecule has 2 amide bonds. The van der Waals surface area contributed by atoms with Crippen LogP contribution in [0.4, 0.5) is 0 Å². The number of likely N-dealkylation sites (N-methyl/N-ethyl adjacent to an activating group) is 1. The van der Waals surface area contributed by atoms with Crippen molar-refractivity contribution < 1.29 is 14.4 Å². The molecule has 41 heavy (non-hydrogen) atoms. The van der Waals surface area contributed by atoms with E-state index in [1.54, 1.807) is 36.4 Å². The van der Waals surface area contributed by atoms with Gasteiger partial charge in [0.25, 0.3) is 5.91 Å². The highest BCUT2D eigenvalue weighted by molar-refractivity contribution is 6.01. The predicted octanol–water partition coefficient (Wildman–Crippen LogP) is 4.59. The van der Waals surface area contributed by atoms with Gasteiger partial charge in [-0.15, -0.1) is 0 Å². The number of piperazine rings is 1. The highest BCUT2D eigenvalue weighted by Gasteiger charge is 2.24. The Morgan fingerprint density at radius 2 is 1.61 bits per heavy atom. The van der Waals surface area contributed by atoms with Gasteiger partial charge in [0.2, 0.25) is 5.91 Å². The summed E-state index contributed by atoms with van der Waals surface area (Å²) in [5.74, 6) is -1.44. The van der Waals surface area contributed by atoms with Crippen LogP contribution in [0.2, 0.25) is 0 Å². The molecule has 3 N–H and O–H groups in total. The summed E-state index contributed by atoms with van der Waals surface area (Å²) in [5, 5.41) is 2.75. The van der Waals surface area contributed by atoms with Crippen molar-refractivity contribution in [3.05, 3.63) is 106 Å². The Balaban J connectivity index is 1.52. The lowest BCUT2D eigenvalue weighted by atomic mass is 9.84. The predicted molar refractivity (Wildman–Crippen MR) is 165 cm³/mol. The van der Waals surface area contributed by atoms with Gasteiger partial charge in [0.1, 0.15) is 0 Å². The Bertz CT molecular complexity index is 1360. The molecule has 0 aliphatic carbocycles. The largest absolute Gasteiger partial charge is 0.366 e. The van der Waals surface area contributed by atoms with Crippen molar-refractivity contribution in [1.29, 1.82) is 0 Å². The third-order valence-electron chi connectivity index (χ3n) is 7.63. The zero-order chi connectivity index (χ0) is 29.2. The van der Waals surface area contributed by atoms with E-state index < -0.39 is 11.8 Å². The van der Waals surface area contributed by atoms with Crippen LogP contribution in [-0.2, 0) is 11.3 Å². The summed E-state index contributed by atoms with van der Waals surface area (Å²) in [5.41, 5.74) is 10.3. The molecule has 0 spiro atoms. The molecule has 3 aromatic rings. The first-order valence-electron chi connectivity index (χ1n) is 14.3. The summed E-state index contributed by atoms with van der Waals surface area (Å²) in [7, 11) is 2.16. The molecule has 7 nitrogen and oxygen atoms in total. The lowest BCUT2D eigenvalue weighted by molar-refractivity contribution is -0.119. The van der Waals surface area contributed by atoms with E-state index in [0.717, 1.165) is 50.3 Å². The van der Waals surface area contributed by atoms with Crippen LogP contribution in [0.3, 0.4) is 0 Å². The minimum absolute atomic E-state index is 0.100. The fraction of sp³-hybridized carbons (Fsp3) is 0.324. The van der Waals surface area contributed by atoms with Crippen LogP contribution in [0, 0.1) is 0 Å². The van der Waals surface area contributed by atoms with E-state index in [0.29, 0.717) is 23.1 Å². The lowest BCUT2D eigenvalue weighted by Gasteiger charge is -2.32. The van der Waals surface area contributed by atoms with Gasteiger partial charge in [-0.3, -0.25) is 19.3 Å². The average Bonchev–Trinajstić information content (AvgIpc) is 2.99. The number of nitrogens with zero attached hydrogens (tertiary/aromatic N) is 2. The Morgan fingerprint density at radius 1 is 0.902 bits per heavy atom. The molecule has 214 valence electrons. The Kier molecular flexibility index (Phi) is 10.6. The average molecular weight is 553 g/mol. The summed E-state index contributed by atoms with van der Waals surface area (Å²) in [6.07, 6.45) is 5.19. The van der Waals surface area contributed by atoms with Crippen LogP contribution >= 0.6 is 0 Å². The maximum absolute atomic E-state index is 13.4. The normalized spacial score (nSPS) is 15.1. The molecule has 0 radical (unpaired) electrons. The van der Waals surface area contributed by atoms with E-state index in [4.69, 9.17) is 5.73 Å². The van der Waals surface area contributed by atoms with Crippen LogP contribution in [0.15, 0.2) is 72.8 Å². The molecule has 1 fully saturated rings. The zero-order valence-electron chi connectivity index (χ0n) is 24.0. The highest BCUT2D eigenvalue weighted by atomic mass is 16.2. The van der Waals surface area contributed by atoms with Gasteiger partial charge in [-0.2, -0.15) is 0 Å². The molecule has 1 atom stereocenters. The van der Waals surface area contributed by atoms with Gasteiger partial charge in [-0.1, -0.05) is 80.1 Å². The van der Waals surface area contributed by atoms with Crippen molar-refractivity contribution in [2.45, 2.75) is 32.2 Å². The minimum atomic E-state index is -0.547. The molecule has 0 aromatic heterocycles. The molecule has 7 heteroatoms. The van der Waals surface area contributed by atoms with Crippen molar-refractivity contribution in [2.24, 2.45) is 5.73 Å². The van der Waals surface area contributed by atoms with E-state index in [9.17, 15) is 14.4 Å². The SMILES string of the molecule is CCCC(C(=O)CNC(=O)c1ccccc1)c1cccc(C(N)=O)c1C=Cc1ccc(CN2CCN(C)CC2)cc1. The smallest absolute Gasteiger partial charge is 0.251 e. The van der Waals surface area contributed by atoms with Gasteiger partial charge in [0.15, 0.2) is 5.78 Å². The van der Waals surface area contributed by atoms with Crippen molar-refractivity contribution in [2.75, 3.05) is 39.8 Å². The number of benzene rings is 3. The number of nitrogens with two attached hydrogens (primary N) is 1. The van der Waals surface area contributed by atoms with Gasteiger partial charge < -0.3 is 16.0 Å². The van der Waals surface area contributed by atoms with Gasteiger partial charge in [-0.25, -0.2) is 0 Å². The number of rotatable bonds is 12. The van der Waals surface area contributed by atoms with Crippen LogP contribution in [0.1, 0.15) is 68.7 Å². The molecule has 0 bridgehead atoms. The standard InChI is InChI=1S/C34H40N4O3/c1-3-8-30(32(39)23-36-34(41)27-9-5-4-6-10-27)28-11-7-12-31(33(35)40)29(28)18-17-25-13-15-26(16-14-25)24-38-21-19-37(2)20-22-38/h4-7,9-18,30H,3,8,19-24H2,1-2H3,(H2,35,40)(H,36,41). The Hall–Kier alpha value is -4.07. The molecule has 4 rings (SSSR count). The van der Waals surface area contributed by atoms with Crippen molar-refractivity contribution in [1.82, 2.24) is 15.1 Å². The fourth-order valence-electron chi connectivity index (χ4n) is 5.23. The molecule has 1 unspecified atom stereocenters. The second-order valence-electron chi connectivity index (χ2n) is 10.7. The molecule has 1 heterocycles. The van der Waals surface area contributed by atoms with Gasteiger partial charge in [-0.05, 0) is 53.9 Å². The number of amides is 2. The van der Waals surface area contributed by atoms with Crippen molar-refractivity contribution >= 4 is 29.7 Å². The lowest BCUT2D eigenvalue weighted by Crippen LogP contribution is -2.43. The number of ketones is 1. The van der Waals surface area contributed by atoms with Gasteiger partial charge in [0, 0.05) is 49.8 Å². The first-order valence-corrected chi connectivity index (χ1v) is 14.3. The third-order valence-corrected chi connectivity index (χ3v) is 7.63. The van der Waals surface area contributed by atoms with Gasteiger partial charge in [0.05, 0.1) is 6.54 Å². The quantitative estimate of drug-likeness (QED) is 0.321. The number of carbonyl (C=O) groups is 3. The molecule has 3 aromatic carbocycles. The molecular formula is C34H40N4O3. The number of carbonyl (C=O) groups excluding carboxylic acids is 3. The molecular weight excluding hydrogens is 512 g/mol. The summed E-state index contributed by atoms with van der Waals surface area (Å²) >= 11 is 0. The second kappa shape index (κ2) is 14.5. The third kappa shape index (κ3) is 8.22. The Labute approximate surface area is 243 Å². The number of primary amides is 1. The van der Waals surface area contributed by atoms with Crippen LogP contribution in [-0.4, -0.2) is 67.2 Å². The number of hydrogen-bond donors (Lipinski definition) is 2. The molecule has 1 aliphatic rings. The van der Waals surface area contributed by atoms with Crippen molar-refractivity contribution in [3.63, 3.8) is 0 Å². The van der Waals surface area contributed by atoms with E-state index in [1.807, 2.05) is 31.2 Å². The van der Waals surface area contributed by atoms with E-state index in [2.05, 4.69) is 46.4 Å². The number of Topliss-reactive ketones (excluding diaryl/α,β-unsaturated/α-hetero) is 1. The summed E-state index contributed by atoms with van der Waals surface area (Å²) in [6, 6.07) is 22.6. The maximum Gasteiger partial charge on any atom is 0.251 e. The second-order valence-corrected chi connectivity index (χ2v) is 10.7. The van der Waals surface area contributed by atoms with E-state index in [1.165, 1.54) is 5.56 Å². The molecule has 0 saturated carbocycles. The zero-order valence-corrected chi connectivity index (χ0v) is 24.0. The van der Waals surface area contributed by atoms with Crippen molar-refractivity contribution in [3.8, 4) is 0 Å². The first kappa shape index (κ1) is 29.9. The van der Waals surface area contributed by atoms with Gasteiger partial charge >= 0.3 is 0 Å². The van der Waals surface area contributed by atoms with E-state index >= 15 is 0 Å². The molecule has 1 saturated heterocycles. The van der Waals surface area contributed by atoms with E-state index in [-0.39, 0.29) is 18.2 Å². The minimum Gasteiger partial charge on any atom is -0.366 e. The fourth-order valence-corrected chi connectivity index (χ4v) is 5.23. The highest BCUT2D eigenvalue weighted by Crippen LogP contribution is 2.30. The van der Waals surface area contributed by atoms with Crippen LogP contribution < -0.4 is 11.1 Å². The van der Waals surface area contributed by atoms with Crippen LogP contribution in [0.5, 0.6) is 0 Å². The number of hydrogen-bond acceptors (Lipinski definition) is 5. The molecule has 1 aliphatic heterocycles. The summed E-state index contributed by atoms with van der Waals surface area (Å²) in [6.45, 7) is 7.15. The topological polar surface area (TPSA) is 95.7 Å². The first-order chi connectivity index (χ1) is 19.9. The monoisotopic (exact) mass is 552 g/mol. The summed E-state index contributed by atoms with van der Waals surface area (Å²) in [4.78, 5) is 43.2. The maximum atomic E-state index is 13.4. The van der Waals surface area contributed by atoms with Crippen LogP contribution in [0.25, 0.3) is 12.2 Å².